The molecule has 2 N–H and O–H groups in total. The van der Waals surface area contributed by atoms with Crippen LogP contribution in [0.15, 0.2) is 48.5 Å². The summed E-state index contributed by atoms with van der Waals surface area (Å²) in [7, 11) is 0. The maximum Gasteiger partial charge on any atom is 0.269 e. The van der Waals surface area contributed by atoms with Crippen LogP contribution in [0.4, 0.5) is 5.69 Å². The Morgan fingerprint density at radius 2 is 1.65 bits per heavy atom. The van der Waals surface area contributed by atoms with Gasteiger partial charge in [-0.3, -0.25) is 9.59 Å². The number of fused-ring (bicyclic) bond motifs is 1. The van der Waals surface area contributed by atoms with Gasteiger partial charge < -0.3 is 20.1 Å². The average molecular weight is 354 g/mol. The van der Waals surface area contributed by atoms with E-state index in [9.17, 15) is 9.59 Å². The third kappa shape index (κ3) is 3.79. The zero-order valence-corrected chi connectivity index (χ0v) is 14.8. The molecule has 1 aliphatic heterocycles. The first-order chi connectivity index (χ1) is 12.6. The molecule has 6 heteroatoms. The lowest BCUT2D eigenvalue weighted by molar-refractivity contribution is -0.128. The van der Waals surface area contributed by atoms with E-state index >= 15 is 0 Å². The minimum Gasteiger partial charge on any atom is -0.482 e. The van der Waals surface area contributed by atoms with Crippen LogP contribution in [0.2, 0.25) is 0 Å². The molecule has 0 aromatic heterocycles. The van der Waals surface area contributed by atoms with Crippen LogP contribution in [0.5, 0.6) is 11.5 Å². The summed E-state index contributed by atoms with van der Waals surface area (Å²) < 4.78 is 11.6. The van der Waals surface area contributed by atoms with Gasteiger partial charge in [-0.2, -0.15) is 0 Å². The van der Waals surface area contributed by atoms with E-state index in [4.69, 9.17) is 9.47 Å². The molecule has 2 aromatic carbocycles. The van der Waals surface area contributed by atoms with Gasteiger partial charge in [0.1, 0.15) is 6.10 Å². The molecule has 2 aromatic rings. The molecule has 0 radical (unpaired) electrons. The number of hydrogen-bond donors (Lipinski definition) is 2. The summed E-state index contributed by atoms with van der Waals surface area (Å²) in [5.41, 5.74) is 0.861. The Balaban J connectivity index is 1.75. The first-order valence-electron chi connectivity index (χ1n) is 8.70. The number of para-hydroxylation sites is 3. The fourth-order valence-corrected chi connectivity index (χ4v) is 2.73. The van der Waals surface area contributed by atoms with Gasteiger partial charge in [-0.25, -0.2) is 0 Å². The predicted molar refractivity (Wildman–Crippen MR) is 98.6 cm³/mol. The van der Waals surface area contributed by atoms with Crippen LogP contribution in [0.1, 0.15) is 30.6 Å². The molecule has 0 saturated carbocycles. The minimum absolute atomic E-state index is 0.220. The van der Waals surface area contributed by atoms with E-state index < -0.39 is 12.2 Å². The molecule has 26 heavy (non-hydrogen) atoms. The van der Waals surface area contributed by atoms with Gasteiger partial charge in [-0.05, 0) is 37.6 Å². The summed E-state index contributed by atoms with van der Waals surface area (Å²) in [5, 5.41) is 5.61. The van der Waals surface area contributed by atoms with Crippen molar-refractivity contribution in [3.8, 4) is 11.5 Å². The van der Waals surface area contributed by atoms with Gasteiger partial charge in [0, 0.05) is 6.54 Å². The molecule has 0 spiro atoms. The lowest BCUT2D eigenvalue weighted by Crippen LogP contribution is -2.46. The van der Waals surface area contributed by atoms with Crippen LogP contribution < -0.4 is 20.1 Å². The first-order valence-corrected chi connectivity index (χ1v) is 8.70. The lowest BCUT2D eigenvalue weighted by atomic mass is 10.1. The molecule has 136 valence electrons. The van der Waals surface area contributed by atoms with Crippen molar-refractivity contribution in [2.75, 3.05) is 11.9 Å². The lowest BCUT2D eigenvalue weighted by Gasteiger charge is -2.31. The molecule has 0 saturated heterocycles. The van der Waals surface area contributed by atoms with Crippen molar-refractivity contribution in [1.29, 1.82) is 0 Å². The minimum atomic E-state index is -0.809. The summed E-state index contributed by atoms with van der Waals surface area (Å²) in [4.78, 5) is 25.0. The summed E-state index contributed by atoms with van der Waals surface area (Å²) in [6, 6.07) is 14.1. The van der Waals surface area contributed by atoms with Crippen molar-refractivity contribution < 1.29 is 19.1 Å². The maximum absolute atomic E-state index is 12.7. The van der Waals surface area contributed by atoms with E-state index in [1.807, 2.05) is 19.1 Å². The number of rotatable bonds is 5. The van der Waals surface area contributed by atoms with E-state index in [-0.39, 0.29) is 11.8 Å². The van der Waals surface area contributed by atoms with Crippen LogP contribution >= 0.6 is 0 Å². The van der Waals surface area contributed by atoms with Crippen LogP contribution in [-0.4, -0.2) is 30.6 Å². The quantitative estimate of drug-likeness (QED) is 0.865. The zero-order chi connectivity index (χ0) is 18.5. The number of hydrogen-bond acceptors (Lipinski definition) is 4. The number of carbonyl (C=O) groups is 2. The maximum atomic E-state index is 12.7. The van der Waals surface area contributed by atoms with Crippen LogP contribution in [0.25, 0.3) is 0 Å². The topological polar surface area (TPSA) is 76.7 Å². The molecule has 6 nitrogen and oxygen atoms in total. The fourth-order valence-electron chi connectivity index (χ4n) is 2.73. The third-order valence-electron chi connectivity index (χ3n) is 4.07. The Morgan fingerprint density at radius 1 is 1.00 bits per heavy atom. The molecule has 1 heterocycles. The number of nitrogens with one attached hydrogen (secondary N) is 2. The average Bonchev–Trinajstić information content (AvgIpc) is 2.65. The number of amides is 2. The van der Waals surface area contributed by atoms with Gasteiger partial charge in [0.2, 0.25) is 6.10 Å². The summed E-state index contributed by atoms with van der Waals surface area (Å²) in [6.07, 6.45) is -0.424. The van der Waals surface area contributed by atoms with Gasteiger partial charge in [-0.15, -0.1) is 0 Å². The second-order valence-corrected chi connectivity index (χ2v) is 6.10. The van der Waals surface area contributed by atoms with Gasteiger partial charge in [-0.1, -0.05) is 31.2 Å². The Labute approximate surface area is 152 Å². The highest BCUT2D eigenvalue weighted by molar-refractivity contribution is 6.04. The normalized spacial score (nSPS) is 18.1. The number of ether oxygens (including phenoxy) is 2. The van der Waals surface area contributed by atoms with Crippen molar-refractivity contribution >= 4 is 17.5 Å². The van der Waals surface area contributed by atoms with Gasteiger partial charge >= 0.3 is 0 Å². The number of carbonyl (C=O) groups excluding carboxylic acids is 2. The second kappa shape index (κ2) is 7.91. The van der Waals surface area contributed by atoms with Crippen molar-refractivity contribution in [2.24, 2.45) is 0 Å². The zero-order valence-electron chi connectivity index (χ0n) is 14.8. The molecule has 2 atom stereocenters. The van der Waals surface area contributed by atoms with E-state index in [1.54, 1.807) is 43.3 Å². The molecule has 2 amide bonds. The molecule has 0 aliphatic carbocycles. The molecule has 2 unspecified atom stereocenters. The van der Waals surface area contributed by atoms with Crippen LogP contribution in [-0.2, 0) is 4.79 Å². The van der Waals surface area contributed by atoms with Crippen LogP contribution in [0.3, 0.4) is 0 Å². The second-order valence-electron chi connectivity index (χ2n) is 6.10. The van der Waals surface area contributed by atoms with E-state index in [1.165, 1.54) is 0 Å². The molecule has 3 rings (SSSR count). The molecular formula is C20H22N2O4. The summed E-state index contributed by atoms with van der Waals surface area (Å²) in [6.45, 7) is 4.34. The summed E-state index contributed by atoms with van der Waals surface area (Å²) in [5.74, 6) is 0.563. The molecule has 1 aliphatic rings. The number of benzene rings is 2. The smallest absolute Gasteiger partial charge is 0.269 e. The highest BCUT2D eigenvalue weighted by atomic mass is 16.6. The summed E-state index contributed by atoms with van der Waals surface area (Å²) >= 11 is 0. The Morgan fingerprint density at radius 3 is 2.38 bits per heavy atom. The van der Waals surface area contributed by atoms with Gasteiger partial charge in [0.25, 0.3) is 11.8 Å². The van der Waals surface area contributed by atoms with Crippen molar-refractivity contribution in [3.63, 3.8) is 0 Å². The first kappa shape index (κ1) is 17.8. The van der Waals surface area contributed by atoms with Crippen molar-refractivity contribution in [3.05, 3.63) is 54.1 Å². The fraction of sp³-hybridized carbons (Fsp3) is 0.300. The highest BCUT2D eigenvalue weighted by Gasteiger charge is 2.34. The highest BCUT2D eigenvalue weighted by Crippen LogP contribution is 2.33. The standard InChI is InChI=1S/C20H22N2O4/c1-3-12-21-19(23)14-8-4-5-9-15(14)22-20(24)18-13(2)25-16-10-6-7-11-17(16)26-18/h4-11,13,18H,3,12H2,1-2H3,(H,21,23)(H,22,24). The Bertz CT molecular complexity index is 806. The van der Waals surface area contributed by atoms with Crippen molar-refractivity contribution in [2.45, 2.75) is 32.5 Å². The van der Waals surface area contributed by atoms with E-state index in [2.05, 4.69) is 10.6 Å². The van der Waals surface area contributed by atoms with E-state index in [0.29, 0.717) is 29.3 Å². The number of anilines is 1. The van der Waals surface area contributed by atoms with E-state index in [0.717, 1.165) is 6.42 Å². The van der Waals surface area contributed by atoms with Gasteiger partial charge in [0.15, 0.2) is 11.5 Å². The Kier molecular flexibility index (Phi) is 5.41. The largest absolute Gasteiger partial charge is 0.482 e. The van der Waals surface area contributed by atoms with Gasteiger partial charge in [0.05, 0.1) is 11.3 Å². The molecule has 0 fully saturated rings. The van der Waals surface area contributed by atoms with Crippen molar-refractivity contribution in [1.82, 2.24) is 5.32 Å². The predicted octanol–water partition coefficient (Wildman–Crippen LogP) is 2.99. The molecular weight excluding hydrogens is 332 g/mol. The third-order valence-corrected chi connectivity index (χ3v) is 4.07. The SMILES string of the molecule is CCCNC(=O)c1ccccc1NC(=O)C1Oc2ccccc2OC1C. The monoisotopic (exact) mass is 354 g/mol. The van der Waals surface area contributed by atoms with Crippen LogP contribution in [0, 0.1) is 0 Å². The molecule has 0 bridgehead atoms. The Hall–Kier alpha value is -3.02.